The van der Waals surface area contributed by atoms with Gasteiger partial charge in [-0.3, -0.25) is 4.79 Å². The number of carbonyl (C=O) groups excluding carboxylic acids is 2. The molecule has 212 valence electrons. The minimum atomic E-state index is -3.49. The van der Waals surface area contributed by atoms with Crippen LogP contribution < -0.4 is 21.3 Å². The van der Waals surface area contributed by atoms with Gasteiger partial charge in [0.15, 0.2) is 9.84 Å². The van der Waals surface area contributed by atoms with Crippen molar-refractivity contribution in [2.45, 2.75) is 30.6 Å². The highest BCUT2D eigenvalue weighted by Crippen LogP contribution is 2.23. The van der Waals surface area contributed by atoms with Crippen molar-refractivity contribution in [3.05, 3.63) is 65.3 Å². The number of rotatable bonds is 12. The molecule has 2 aromatic carbocycles. The van der Waals surface area contributed by atoms with Crippen LogP contribution in [0, 0.1) is 0 Å². The molecule has 13 heteroatoms. The Hall–Kier alpha value is -3.71. The molecule has 0 radical (unpaired) electrons. The van der Waals surface area contributed by atoms with Crippen molar-refractivity contribution in [2.24, 2.45) is 0 Å². The van der Waals surface area contributed by atoms with E-state index in [1.54, 1.807) is 29.3 Å². The van der Waals surface area contributed by atoms with Crippen LogP contribution in [0.1, 0.15) is 25.7 Å². The van der Waals surface area contributed by atoms with Crippen molar-refractivity contribution >= 4 is 60.8 Å². The second-order valence-electron chi connectivity index (χ2n) is 9.23. The van der Waals surface area contributed by atoms with Crippen LogP contribution in [0.5, 0.6) is 0 Å². The van der Waals surface area contributed by atoms with Gasteiger partial charge in [0.05, 0.1) is 15.1 Å². The topological polar surface area (TPSA) is 145 Å². The van der Waals surface area contributed by atoms with E-state index in [4.69, 9.17) is 0 Å². The molecule has 0 unspecified atom stereocenters. The molecule has 1 aromatic heterocycles. The number of amides is 3. The minimum absolute atomic E-state index is 0.0969. The molecule has 1 aliphatic rings. The van der Waals surface area contributed by atoms with Crippen molar-refractivity contribution in [2.75, 3.05) is 47.9 Å². The first-order chi connectivity index (χ1) is 19.3. The molecule has 11 nitrogen and oxygen atoms in total. The molecule has 40 heavy (non-hydrogen) atoms. The van der Waals surface area contributed by atoms with Crippen LogP contribution in [0.3, 0.4) is 0 Å². The molecule has 0 saturated carbocycles. The molecule has 3 aromatic rings. The third-order valence-electron chi connectivity index (χ3n) is 6.18. The van der Waals surface area contributed by atoms with Gasteiger partial charge < -0.3 is 26.2 Å². The SMILES string of the molecule is O=C(CCS(=O)(=O)c1ccccc1)NCCCNc1nc(Nc2cccc(NC(=O)N3CCCC3)c2)ncc1Br. The first-order valence-electron chi connectivity index (χ1n) is 13.0. The summed E-state index contributed by atoms with van der Waals surface area (Å²) in [4.78, 5) is 35.3. The van der Waals surface area contributed by atoms with Crippen LogP contribution in [0.4, 0.5) is 27.9 Å². The maximum absolute atomic E-state index is 12.4. The number of urea groups is 1. The Morgan fingerprint density at radius 2 is 1.73 bits per heavy atom. The van der Waals surface area contributed by atoms with Gasteiger partial charge in [-0.25, -0.2) is 18.2 Å². The average Bonchev–Trinajstić information content (AvgIpc) is 3.50. The van der Waals surface area contributed by atoms with Gasteiger partial charge in [0.1, 0.15) is 5.82 Å². The fourth-order valence-corrected chi connectivity index (χ4v) is 5.65. The number of halogens is 1. The third-order valence-corrected chi connectivity index (χ3v) is 8.49. The number of likely N-dealkylation sites (tertiary alicyclic amines) is 1. The average molecular weight is 631 g/mol. The van der Waals surface area contributed by atoms with Crippen LogP contribution in [-0.2, 0) is 14.6 Å². The maximum Gasteiger partial charge on any atom is 0.321 e. The smallest absolute Gasteiger partial charge is 0.321 e. The zero-order valence-corrected chi connectivity index (χ0v) is 24.3. The van der Waals surface area contributed by atoms with Crippen LogP contribution in [0.2, 0.25) is 0 Å². The highest BCUT2D eigenvalue weighted by Gasteiger charge is 2.18. The summed E-state index contributed by atoms with van der Waals surface area (Å²) in [6.07, 6.45) is 4.20. The molecular weight excluding hydrogens is 598 g/mol. The number of hydrogen-bond acceptors (Lipinski definition) is 8. The van der Waals surface area contributed by atoms with Crippen molar-refractivity contribution < 1.29 is 18.0 Å². The fourth-order valence-electron chi connectivity index (χ4n) is 4.06. The van der Waals surface area contributed by atoms with Crippen LogP contribution in [0.15, 0.2) is 70.2 Å². The van der Waals surface area contributed by atoms with Gasteiger partial charge in [-0.05, 0) is 65.5 Å². The summed E-state index contributed by atoms with van der Waals surface area (Å²) in [7, 11) is -3.49. The largest absolute Gasteiger partial charge is 0.369 e. The van der Waals surface area contributed by atoms with E-state index in [-0.39, 0.29) is 29.0 Å². The van der Waals surface area contributed by atoms with Gasteiger partial charge in [0.25, 0.3) is 0 Å². The molecule has 1 saturated heterocycles. The minimum Gasteiger partial charge on any atom is -0.369 e. The summed E-state index contributed by atoms with van der Waals surface area (Å²) in [5.74, 6) is 0.407. The Bertz CT molecular complexity index is 1420. The molecule has 0 spiro atoms. The van der Waals surface area contributed by atoms with Crippen molar-refractivity contribution in [1.29, 1.82) is 0 Å². The van der Waals surface area contributed by atoms with Crippen molar-refractivity contribution in [1.82, 2.24) is 20.2 Å². The summed E-state index contributed by atoms with van der Waals surface area (Å²) in [5, 5.41) is 12.0. The number of nitrogens with zero attached hydrogens (tertiary/aromatic N) is 3. The normalized spacial score (nSPS) is 13.1. The summed E-state index contributed by atoms with van der Waals surface area (Å²) < 4.78 is 25.3. The van der Waals surface area contributed by atoms with E-state index in [1.165, 1.54) is 12.1 Å². The summed E-state index contributed by atoms with van der Waals surface area (Å²) >= 11 is 3.44. The number of benzene rings is 2. The number of anilines is 4. The Labute approximate surface area is 242 Å². The van der Waals surface area contributed by atoms with Crippen molar-refractivity contribution in [3.8, 4) is 0 Å². The summed E-state index contributed by atoms with van der Waals surface area (Å²) in [5.41, 5.74) is 1.40. The summed E-state index contributed by atoms with van der Waals surface area (Å²) in [6.45, 7) is 2.46. The second kappa shape index (κ2) is 14.1. The molecule has 4 rings (SSSR count). The Kier molecular flexibility index (Phi) is 10.3. The fraction of sp³-hybridized carbons (Fsp3) is 0.333. The van der Waals surface area contributed by atoms with Gasteiger partial charge in [-0.1, -0.05) is 24.3 Å². The monoisotopic (exact) mass is 629 g/mol. The zero-order chi connectivity index (χ0) is 28.4. The first kappa shape index (κ1) is 29.3. The Balaban J connectivity index is 1.20. The van der Waals surface area contributed by atoms with E-state index >= 15 is 0 Å². The first-order valence-corrected chi connectivity index (χ1v) is 15.5. The molecular formula is C27H32BrN7O4S. The standard InChI is InChI=1S/C27H32BrN7O4S/c28-23-19-31-26(32-20-8-6-9-21(18-20)33-27(37)35-15-4-5-16-35)34-25(23)30-14-7-13-29-24(36)12-17-40(38,39)22-10-2-1-3-11-22/h1-3,6,8-11,18-19H,4-5,7,12-17H2,(H,29,36)(H,33,37)(H2,30,31,32,34). The quantitative estimate of drug-likeness (QED) is 0.216. The maximum atomic E-state index is 12.4. The molecule has 2 heterocycles. The number of aromatic nitrogens is 2. The van der Waals surface area contributed by atoms with Crippen LogP contribution in [-0.4, -0.2) is 67.2 Å². The van der Waals surface area contributed by atoms with Crippen LogP contribution >= 0.6 is 15.9 Å². The Morgan fingerprint density at radius 3 is 2.50 bits per heavy atom. The predicted octanol–water partition coefficient (Wildman–Crippen LogP) is 4.39. The van der Waals surface area contributed by atoms with Gasteiger partial charge in [-0.15, -0.1) is 0 Å². The van der Waals surface area contributed by atoms with Crippen molar-refractivity contribution in [3.63, 3.8) is 0 Å². The molecule has 4 N–H and O–H groups in total. The van der Waals surface area contributed by atoms with E-state index in [0.717, 1.165) is 31.6 Å². The number of carbonyl (C=O) groups is 2. The summed E-state index contributed by atoms with van der Waals surface area (Å²) in [6, 6.07) is 15.4. The Morgan fingerprint density at radius 1 is 0.975 bits per heavy atom. The lowest BCUT2D eigenvalue weighted by molar-refractivity contribution is -0.120. The highest BCUT2D eigenvalue weighted by molar-refractivity contribution is 9.10. The lowest BCUT2D eigenvalue weighted by Crippen LogP contribution is -2.32. The highest BCUT2D eigenvalue weighted by atomic mass is 79.9. The lowest BCUT2D eigenvalue weighted by atomic mass is 10.3. The molecule has 1 fully saturated rings. The van der Waals surface area contributed by atoms with Gasteiger partial charge in [0, 0.05) is 50.2 Å². The number of nitrogens with one attached hydrogen (secondary N) is 4. The van der Waals surface area contributed by atoms with E-state index in [2.05, 4.69) is 47.2 Å². The second-order valence-corrected chi connectivity index (χ2v) is 12.2. The van der Waals surface area contributed by atoms with Gasteiger partial charge in [0.2, 0.25) is 11.9 Å². The van der Waals surface area contributed by atoms with E-state index < -0.39 is 9.84 Å². The molecule has 0 aliphatic carbocycles. The third kappa shape index (κ3) is 8.65. The molecule has 0 atom stereocenters. The number of hydrogen-bond donors (Lipinski definition) is 4. The molecule has 3 amide bonds. The van der Waals surface area contributed by atoms with Gasteiger partial charge in [-0.2, -0.15) is 4.98 Å². The molecule has 1 aliphatic heterocycles. The predicted molar refractivity (Wildman–Crippen MR) is 159 cm³/mol. The lowest BCUT2D eigenvalue weighted by Gasteiger charge is -2.16. The number of sulfone groups is 1. The van der Waals surface area contributed by atoms with E-state index in [1.807, 2.05) is 24.3 Å². The van der Waals surface area contributed by atoms with Gasteiger partial charge >= 0.3 is 6.03 Å². The van der Waals surface area contributed by atoms with E-state index in [0.29, 0.717) is 41.4 Å². The van der Waals surface area contributed by atoms with E-state index in [9.17, 15) is 18.0 Å². The molecule has 0 bridgehead atoms. The van der Waals surface area contributed by atoms with Crippen LogP contribution in [0.25, 0.3) is 0 Å². The zero-order valence-electron chi connectivity index (χ0n) is 21.9.